The molecule has 5 heteroatoms. The molecule has 0 radical (unpaired) electrons. The summed E-state index contributed by atoms with van der Waals surface area (Å²) in [7, 11) is 0. The van der Waals surface area contributed by atoms with E-state index in [-0.39, 0.29) is 11.8 Å². The summed E-state index contributed by atoms with van der Waals surface area (Å²) >= 11 is 4.06. The van der Waals surface area contributed by atoms with E-state index in [9.17, 15) is 9.59 Å². The molecule has 1 atom stereocenters. The molecule has 1 spiro atoms. The fourth-order valence-corrected chi connectivity index (χ4v) is 2.61. The zero-order valence-electron chi connectivity index (χ0n) is 8.66. The number of nitrogens with one attached hydrogen (secondary N) is 1. The van der Waals surface area contributed by atoms with Gasteiger partial charge in [0.25, 0.3) is 0 Å². The van der Waals surface area contributed by atoms with Gasteiger partial charge in [-0.3, -0.25) is 9.59 Å². The summed E-state index contributed by atoms with van der Waals surface area (Å²) in [5.41, 5.74) is -0.502. The van der Waals surface area contributed by atoms with Crippen LogP contribution >= 0.6 is 12.6 Å². The molecular weight excluding hydrogens is 212 g/mol. The van der Waals surface area contributed by atoms with Crippen LogP contribution in [0, 0.1) is 0 Å². The molecule has 2 fully saturated rings. The number of β-lactam (4-membered cyclic amide) rings is 1. The van der Waals surface area contributed by atoms with E-state index in [1.54, 1.807) is 4.90 Å². The molecule has 0 aromatic carbocycles. The first kappa shape index (κ1) is 10.8. The minimum Gasteiger partial charge on any atom is -0.351 e. The first-order chi connectivity index (χ1) is 7.20. The third kappa shape index (κ3) is 1.62. The molecule has 2 aliphatic heterocycles. The maximum absolute atomic E-state index is 11.8. The number of hydrogen-bond acceptors (Lipinski definition) is 3. The molecule has 1 unspecified atom stereocenters. The Kier molecular flexibility index (Phi) is 2.91. The third-order valence-electron chi connectivity index (χ3n) is 3.33. The van der Waals surface area contributed by atoms with Gasteiger partial charge in [0.15, 0.2) is 0 Å². The summed E-state index contributed by atoms with van der Waals surface area (Å²) in [6.45, 7) is 1.35. The Morgan fingerprint density at radius 1 is 1.53 bits per heavy atom. The lowest BCUT2D eigenvalue weighted by Crippen LogP contribution is -2.75. The average molecular weight is 228 g/mol. The van der Waals surface area contributed by atoms with E-state index < -0.39 is 5.54 Å². The maximum Gasteiger partial charge on any atom is 0.247 e. The number of likely N-dealkylation sites (tertiary alicyclic amines) is 1. The Bertz CT molecular complexity index is 295. The zero-order chi connectivity index (χ0) is 10.9. The van der Waals surface area contributed by atoms with E-state index in [0.29, 0.717) is 18.7 Å². The first-order valence-corrected chi connectivity index (χ1v) is 6.03. The summed E-state index contributed by atoms with van der Waals surface area (Å²) in [6, 6.07) is 0. The number of amides is 2. The van der Waals surface area contributed by atoms with Crippen molar-refractivity contribution < 1.29 is 9.59 Å². The van der Waals surface area contributed by atoms with E-state index in [0.717, 1.165) is 25.8 Å². The van der Waals surface area contributed by atoms with Gasteiger partial charge in [-0.05, 0) is 25.0 Å². The summed E-state index contributed by atoms with van der Waals surface area (Å²) < 4.78 is 0. The molecule has 2 aliphatic rings. The molecule has 15 heavy (non-hydrogen) atoms. The lowest BCUT2D eigenvalue weighted by molar-refractivity contribution is -0.158. The summed E-state index contributed by atoms with van der Waals surface area (Å²) in [5.74, 6) is 0.641. The number of carbonyl (C=O) groups is 2. The van der Waals surface area contributed by atoms with E-state index in [1.165, 1.54) is 0 Å². The Labute approximate surface area is 94.8 Å². The van der Waals surface area contributed by atoms with Gasteiger partial charge in [-0.1, -0.05) is 0 Å². The molecule has 84 valence electrons. The van der Waals surface area contributed by atoms with Crippen molar-refractivity contribution >= 4 is 24.4 Å². The van der Waals surface area contributed by atoms with Crippen LogP contribution in [0.5, 0.6) is 0 Å². The van der Waals surface area contributed by atoms with Crippen molar-refractivity contribution in [2.24, 2.45) is 0 Å². The molecule has 2 amide bonds. The molecule has 0 aliphatic carbocycles. The van der Waals surface area contributed by atoms with Crippen molar-refractivity contribution in [3.8, 4) is 0 Å². The molecule has 0 bridgehead atoms. The van der Waals surface area contributed by atoms with Gasteiger partial charge in [-0.2, -0.15) is 12.6 Å². The van der Waals surface area contributed by atoms with Crippen LogP contribution in [0.3, 0.4) is 0 Å². The molecule has 2 rings (SSSR count). The predicted molar refractivity (Wildman–Crippen MR) is 59.8 cm³/mol. The Hall–Kier alpha value is -0.710. The molecule has 0 aromatic rings. The van der Waals surface area contributed by atoms with Gasteiger partial charge in [0.05, 0.1) is 0 Å². The van der Waals surface area contributed by atoms with E-state index in [2.05, 4.69) is 17.9 Å². The van der Waals surface area contributed by atoms with Crippen molar-refractivity contribution in [2.45, 2.75) is 31.2 Å². The molecular formula is C10H16N2O2S. The van der Waals surface area contributed by atoms with Crippen molar-refractivity contribution in [2.75, 3.05) is 18.8 Å². The maximum atomic E-state index is 11.8. The van der Waals surface area contributed by atoms with Crippen LogP contribution in [0.15, 0.2) is 0 Å². The minimum absolute atomic E-state index is 0.0229. The fraction of sp³-hybridized carbons (Fsp3) is 0.800. The number of piperidine rings is 1. The topological polar surface area (TPSA) is 49.4 Å². The van der Waals surface area contributed by atoms with Gasteiger partial charge in [0.1, 0.15) is 5.54 Å². The zero-order valence-corrected chi connectivity index (χ0v) is 9.56. The second kappa shape index (κ2) is 4.04. The van der Waals surface area contributed by atoms with Crippen molar-refractivity contribution in [3.05, 3.63) is 0 Å². The monoisotopic (exact) mass is 228 g/mol. The van der Waals surface area contributed by atoms with Crippen molar-refractivity contribution in [3.63, 3.8) is 0 Å². The van der Waals surface area contributed by atoms with Gasteiger partial charge < -0.3 is 10.2 Å². The summed E-state index contributed by atoms with van der Waals surface area (Å²) in [4.78, 5) is 25.2. The molecule has 4 nitrogen and oxygen atoms in total. The normalized spacial score (nSPS) is 29.9. The van der Waals surface area contributed by atoms with E-state index in [4.69, 9.17) is 0 Å². The average Bonchev–Trinajstić information content (AvgIpc) is 2.27. The van der Waals surface area contributed by atoms with E-state index in [1.807, 2.05) is 0 Å². The Morgan fingerprint density at radius 3 is 2.87 bits per heavy atom. The lowest BCUT2D eigenvalue weighted by Gasteiger charge is -2.51. The molecule has 1 N–H and O–H groups in total. The van der Waals surface area contributed by atoms with Gasteiger partial charge in [0.2, 0.25) is 11.8 Å². The first-order valence-electron chi connectivity index (χ1n) is 5.40. The van der Waals surface area contributed by atoms with Crippen LogP contribution in [-0.4, -0.2) is 41.1 Å². The number of rotatable bonds is 2. The van der Waals surface area contributed by atoms with Gasteiger partial charge in [-0.15, -0.1) is 0 Å². The summed E-state index contributed by atoms with van der Waals surface area (Å²) in [6.07, 6.45) is 3.29. The number of thiol groups is 1. The van der Waals surface area contributed by atoms with Crippen LogP contribution in [0.25, 0.3) is 0 Å². The highest BCUT2D eigenvalue weighted by Gasteiger charge is 2.53. The fourth-order valence-electron chi connectivity index (χ4n) is 2.41. The quantitative estimate of drug-likeness (QED) is 0.523. The van der Waals surface area contributed by atoms with Crippen LogP contribution in [0.1, 0.15) is 25.7 Å². The van der Waals surface area contributed by atoms with Crippen LogP contribution in [0.2, 0.25) is 0 Å². The number of carbonyl (C=O) groups excluding carboxylic acids is 2. The molecule has 2 saturated heterocycles. The minimum atomic E-state index is -0.502. The van der Waals surface area contributed by atoms with Gasteiger partial charge in [0, 0.05) is 19.5 Å². The SMILES string of the molecule is O=C(CCS)N1CCCCC12CNC2=O. The van der Waals surface area contributed by atoms with Crippen LogP contribution < -0.4 is 5.32 Å². The van der Waals surface area contributed by atoms with Gasteiger partial charge >= 0.3 is 0 Å². The number of nitrogens with zero attached hydrogens (tertiary/aromatic N) is 1. The smallest absolute Gasteiger partial charge is 0.247 e. The van der Waals surface area contributed by atoms with Crippen LogP contribution in [-0.2, 0) is 9.59 Å². The highest BCUT2D eigenvalue weighted by Crippen LogP contribution is 2.33. The Morgan fingerprint density at radius 2 is 2.33 bits per heavy atom. The second-order valence-electron chi connectivity index (χ2n) is 4.19. The molecule has 2 heterocycles. The van der Waals surface area contributed by atoms with Crippen LogP contribution in [0.4, 0.5) is 0 Å². The number of hydrogen-bond donors (Lipinski definition) is 2. The van der Waals surface area contributed by atoms with Crippen molar-refractivity contribution in [1.29, 1.82) is 0 Å². The second-order valence-corrected chi connectivity index (χ2v) is 4.64. The largest absolute Gasteiger partial charge is 0.351 e. The molecule has 0 aromatic heterocycles. The van der Waals surface area contributed by atoms with Crippen molar-refractivity contribution in [1.82, 2.24) is 10.2 Å². The highest BCUT2D eigenvalue weighted by atomic mass is 32.1. The third-order valence-corrected chi connectivity index (χ3v) is 3.55. The standard InChI is InChI=1S/C10H16N2O2S/c13-8(3-6-15)12-5-2-1-4-10(12)7-11-9(10)14/h15H,1-7H2,(H,11,14). The van der Waals surface area contributed by atoms with E-state index >= 15 is 0 Å². The van der Waals surface area contributed by atoms with Gasteiger partial charge in [-0.25, -0.2) is 0 Å². The predicted octanol–water partition coefficient (Wildman–Crippen LogP) is 0.187. The Balaban J connectivity index is 2.13. The highest BCUT2D eigenvalue weighted by molar-refractivity contribution is 7.80. The molecule has 0 saturated carbocycles. The summed E-state index contributed by atoms with van der Waals surface area (Å²) in [5, 5.41) is 2.74. The lowest BCUT2D eigenvalue weighted by atomic mass is 9.80.